The van der Waals surface area contributed by atoms with E-state index >= 15 is 0 Å². The summed E-state index contributed by atoms with van der Waals surface area (Å²) in [6, 6.07) is 0. The lowest BCUT2D eigenvalue weighted by atomic mass is 9.86. The minimum Gasteiger partial charge on any atom is -0.298 e. The molecule has 0 atom stereocenters. The molecule has 0 radical (unpaired) electrons. The number of Topliss-reactive ketones (excluding diaryl/α,β-unsaturated/α-hetero) is 1. The van der Waals surface area contributed by atoms with Crippen molar-refractivity contribution in [2.75, 3.05) is 20.1 Å². The maximum absolute atomic E-state index is 12.0. The van der Waals surface area contributed by atoms with Gasteiger partial charge in [-0.1, -0.05) is 19.3 Å². The summed E-state index contributed by atoms with van der Waals surface area (Å²) in [6.45, 7) is -1.09. The topological polar surface area (TPSA) is 20.3 Å². The van der Waals surface area contributed by atoms with Crippen LogP contribution in [0, 0.1) is 5.92 Å². The lowest BCUT2D eigenvalue weighted by Gasteiger charge is -2.24. The SMILES string of the molecule is CN(CC(=O)C1CCCCC1)CC(F)(F)F. The summed E-state index contributed by atoms with van der Waals surface area (Å²) in [6.07, 6.45) is 0.667. The number of rotatable bonds is 4. The van der Waals surface area contributed by atoms with Gasteiger partial charge in [-0.15, -0.1) is 0 Å². The molecule has 0 amide bonds. The van der Waals surface area contributed by atoms with Crippen molar-refractivity contribution in [1.29, 1.82) is 0 Å². The number of carbonyl (C=O) groups excluding carboxylic acids is 1. The van der Waals surface area contributed by atoms with Gasteiger partial charge < -0.3 is 0 Å². The first kappa shape index (κ1) is 13.5. The normalized spacial score (nSPS) is 19.1. The van der Waals surface area contributed by atoms with Gasteiger partial charge in [0.2, 0.25) is 0 Å². The van der Waals surface area contributed by atoms with Crippen molar-refractivity contribution in [3.8, 4) is 0 Å². The third-order valence-electron chi connectivity index (χ3n) is 2.94. The van der Waals surface area contributed by atoms with E-state index in [2.05, 4.69) is 0 Å². The molecule has 1 rings (SSSR count). The molecule has 0 N–H and O–H groups in total. The molecular weight excluding hydrogens is 219 g/mol. The molecule has 0 aromatic carbocycles. The van der Waals surface area contributed by atoms with Gasteiger partial charge in [0.25, 0.3) is 0 Å². The van der Waals surface area contributed by atoms with Crippen LogP contribution in [0.2, 0.25) is 0 Å². The van der Waals surface area contributed by atoms with Crippen molar-refractivity contribution >= 4 is 5.78 Å². The Balaban J connectivity index is 2.32. The Kier molecular flexibility index (Phi) is 4.77. The van der Waals surface area contributed by atoms with Crippen LogP contribution >= 0.6 is 0 Å². The quantitative estimate of drug-likeness (QED) is 0.749. The first-order chi connectivity index (χ1) is 7.38. The van der Waals surface area contributed by atoms with Crippen molar-refractivity contribution < 1.29 is 18.0 Å². The number of likely N-dealkylation sites (N-methyl/N-ethyl adjacent to an activating group) is 1. The highest BCUT2D eigenvalue weighted by Gasteiger charge is 2.31. The third kappa shape index (κ3) is 4.96. The molecule has 1 saturated carbocycles. The summed E-state index contributed by atoms with van der Waals surface area (Å²) in [5, 5.41) is 0. The third-order valence-corrected chi connectivity index (χ3v) is 2.94. The fourth-order valence-electron chi connectivity index (χ4n) is 2.18. The van der Waals surface area contributed by atoms with Gasteiger partial charge in [0.1, 0.15) is 5.78 Å². The molecule has 0 heterocycles. The van der Waals surface area contributed by atoms with Crippen LogP contribution in [0.4, 0.5) is 13.2 Å². The van der Waals surface area contributed by atoms with Crippen LogP contribution in [-0.4, -0.2) is 37.0 Å². The molecule has 2 nitrogen and oxygen atoms in total. The van der Waals surface area contributed by atoms with E-state index in [1.165, 1.54) is 7.05 Å². The first-order valence-corrected chi connectivity index (χ1v) is 5.66. The van der Waals surface area contributed by atoms with Gasteiger partial charge in [0.05, 0.1) is 13.1 Å². The standard InChI is InChI=1S/C11H18F3NO/c1-15(8-11(12,13)14)7-10(16)9-5-3-2-4-6-9/h9H,2-8H2,1H3. The van der Waals surface area contributed by atoms with Crippen molar-refractivity contribution in [2.24, 2.45) is 5.92 Å². The van der Waals surface area contributed by atoms with Crippen LogP contribution in [0.3, 0.4) is 0 Å². The second-order valence-electron chi connectivity index (χ2n) is 4.59. The molecule has 16 heavy (non-hydrogen) atoms. The molecule has 1 aliphatic rings. The molecule has 1 aliphatic carbocycles. The Morgan fingerprint density at radius 2 is 1.81 bits per heavy atom. The Bertz CT molecular complexity index is 234. The highest BCUT2D eigenvalue weighted by atomic mass is 19.4. The Morgan fingerprint density at radius 3 is 2.31 bits per heavy atom. The summed E-state index contributed by atoms with van der Waals surface area (Å²) in [5.41, 5.74) is 0. The van der Waals surface area contributed by atoms with E-state index in [9.17, 15) is 18.0 Å². The van der Waals surface area contributed by atoms with Gasteiger partial charge >= 0.3 is 6.18 Å². The largest absolute Gasteiger partial charge is 0.401 e. The fourth-order valence-corrected chi connectivity index (χ4v) is 2.18. The van der Waals surface area contributed by atoms with E-state index in [-0.39, 0.29) is 18.2 Å². The van der Waals surface area contributed by atoms with Crippen LogP contribution in [0.1, 0.15) is 32.1 Å². The number of ketones is 1. The minimum atomic E-state index is -4.22. The summed E-state index contributed by atoms with van der Waals surface area (Å²) in [7, 11) is 1.34. The van der Waals surface area contributed by atoms with Crippen LogP contribution in [0.25, 0.3) is 0 Å². The monoisotopic (exact) mass is 237 g/mol. The smallest absolute Gasteiger partial charge is 0.298 e. The molecule has 0 bridgehead atoms. The van der Waals surface area contributed by atoms with E-state index in [0.717, 1.165) is 37.0 Å². The zero-order valence-corrected chi connectivity index (χ0v) is 9.52. The average molecular weight is 237 g/mol. The molecule has 0 aliphatic heterocycles. The Labute approximate surface area is 93.8 Å². The van der Waals surface area contributed by atoms with Crippen molar-refractivity contribution in [2.45, 2.75) is 38.3 Å². The number of nitrogens with zero attached hydrogens (tertiary/aromatic N) is 1. The minimum absolute atomic E-state index is 0.00978. The van der Waals surface area contributed by atoms with E-state index in [1.54, 1.807) is 0 Å². The number of alkyl halides is 3. The summed E-state index contributed by atoms with van der Waals surface area (Å²) in [4.78, 5) is 12.7. The maximum Gasteiger partial charge on any atom is 0.401 e. The first-order valence-electron chi connectivity index (χ1n) is 5.66. The lowest BCUT2D eigenvalue weighted by Crippen LogP contribution is -2.37. The molecular formula is C11H18F3NO. The molecule has 94 valence electrons. The number of hydrogen-bond donors (Lipinski definition) is 0. The van der Waals surface area contributed by atoms with Crippen molar-refractivity contribution in [3.05, 3.63) is 0 Å². The summed E-state index contributed by atoms with van der Waals surface area (Å²) >= 11 is 0. The van der Waals surface area contributed by atoms with Gasteiger partial charge in [0.15, 0.2) is 0 Å². The predicted molar refractivity (Wildman–Crippen MR) is 55.1 cm³/mol. The molecule has 0 unspecified atom stereocenters. The number of halogens is 3. The van der Waals surface area contributed by atoms with Crippen molar-refractivity contribution in [3.63, 3.8) is 0 Å². The second-order valence-corrected chi connectivity index (χ2v) is 4.59. The maximum atomic E-state index is 12.0. The van der Waals surface area contributed by atoms with E-state index in [4.69, 9.17) is 0 Å². The van der Waals surface area contributed by atoms with Crippen molar-refractivity contribution in [1.82, 2.24) is 4.90 Å². The predicted octanol–water partition coefficient (Wildman–Crippen LogP) is 2.63. The van der Waals surface area contributed by atoms with Gasteiger partial charge in [-0.25, -0.2) is 0 Å². The molecule has 0 aromatic heterocycles. The highest BCUT2D eigenvalue weighted by Crippen LogP contribution is 2.24. The zero-order valence-electron chi connectivity index (χ0n) is 9.52. The lowest BCUT2D eigenvalue weighted by molar-refractivity contribution is -0.146. The van der Waals surface area contributed by atoms with E-state index in [0.29, 0.717) is 0 Å². The Hall–Kier alpha value is -0.580. The second kappa shape index (κ2) is 5.66. The number of carbonyl (C=O) groups is 1. The summed E-state index contributed by atoms with van der Waals surface area (Å²) in [5.74, 6) is -0.0455. The average Bonchev–Trinajstić information content (AvgIpc) is 2.16. The van der Waals surface area contributed by atoms with Gasteiger partial charge in [-0.2, -0.15) is 13.2 Å². The van der Waals surface area contributed by atoms with Crippen LogP contribution in [0.15, 0.2) is 0 Å². The van der Waals surface area contributed by atoms with E-state index in [1.807, 2.05) is 0 Å². The molecule has 0 spiro atoms. The van der Waals surface area contributed by atoms with Gasteiger partial charge in [-0.3, -0.25) is 9.69 Å². The highest BCUT2D eigenvalue weighted by molar-refractivity contribution is 5.83. The zero-order chi connectivity index (χ0) is 12.2. The molecule has 0 saturated heterocycles. The fraction of sp³-hybridized carbons (Fsp3) is 0.909. The van der Waals surface area contributed by atoms with E-state index < -0.39 is 12.7 Å². The molecule has 5 heteroatoms. The van der Waals surface area contributed by atoms with Crippen LogP contribution in [-0.2, 0) is 4.79 Å². The Morgan fingerprint density at radius 1 is 1.25 bits per heavy atom. The summed E-state index contributed by atoms with van der Waals surface area (Å²) < 4.78 is 36.1. The van der Waals surface area contributed by atoms with Gasteiger partial charge in [0, 0.05) is 5.92 Å². The number of hydrogen-bond acceptors (Lipinski definition) is 2. The molecule has 1 fully saturated rings. The van der Waals surface area contributed by atoms with Crippen LogP contribution < -0.4 is 0 Å². The van der Waals surface area contributed by atoms with Gasteiger partial charge in [-0.05, 0) is 19.9 Å². The van der Waals surface area contributed by atoms with Crippen LogP contribution in [0.5, 0.6) is 0 Å². The molecule has 0 aromatic rings.